The zero-order valence-corrected chi connectivity index (χ0v) is 27.1. The highest BCUT2D eigenvalue weighted by Crippen LogP contribution is 2.63. The van der Waals surface area contributed by atoms with Crippen molar-refractivity contribution >= 4 is 17.3 Å². The summed E-state index contributed by atoms with van der Waals surface area (Å²) < 4.78 is 6.20. The Balaban J connectivity index is 1.44. The molecule has 2 fully saturated rings. The van der Waals surface area contributed by atoms with Gasteiger partial charge < -0.3 is 16.2 Å². The Bertz CT molecular complexity index is 1110. The van der Waals surface area contributed by atoms with Gasteiger partial charge in [-0.2, -0.15) is 0 Å². The number of hydrogen-bond donors (Lipinski definition) is 2. The number of anilines is 2. The molecule has 0 spiro atoms. The molecule has 1 aromatic carbocycles. The summed E-state index contributed by atoms with van der Waals surface area (Å²) in [4.78, 5) is 13.1. The molecule has 1 aromatic rings. The molecule has 4 nitrogen and oxygen atoms in total. The quantitative estimate of drug-likeness (QED) is 0.169. The molecule has 7 unspecified atom stereocenters. The molecule has 0 saturated heterocycles. The maximum Gasteiger partial charge on any atom is 0.338 e. The number of nitrogen functional groups attached to an aromatic ring is 2. The standard InChI is InChI=1S/C37H58N2O2/c1-8-26(25(4)12-9-11-24(2)3)15-16-27-13-10-14-32-31(27)17-18-33-36(5,6)34(19-20-37(32,33)7)41-35(40)28-21-29(38)23-30(39)22-28/h11,18,21-23,25-27,31-32,34H,8-10,12-17,19-20,38-39H2,1-7H3. The number of fused-ring (bicyclic) bond motifs is 3. The fourth-order valence-electron chi connectivity index (χ4n) is 9.22. The fraction of sp³-hybridized carbons (Fsp3) is 0.703. The Kier molecular flexibility index (Phi) is 10.0. The second-order valence-corrected chi connectivity index (χ2v) is 14.9. The lowest BCUT2D eigenvalue weighted by atomic mass is 9.47. The molecule has 0 heterocycles. The summed E-state index contributed by atoms with van der Waals surface area (Å²) in [6, 6.07) is 5.00. The number of allylic oxidation sites excluding steroid dienone is 3. The largest absolute Gasteiger partial charge is 0.458 e. The second kappa shape index (κ2) is 13.0. The van der Waals surface area contributed by atoms with E-state index in [0.717, 1.165) is 42.4 Å². The van der Waals surface area contributed by atoms with Crippen molar-refractivity contribution in [1.29, 1.82) is 0 Å². The van der Waals surface area contributed by atoms with Crippen molar-refractivity contribution in [2.24, 2.45) is 40.4 Å². The lowest BCUT2D eigenvalue weighted by molar-refractivity contribution is -0.0566. The summed E-state index contributed by atoms with van der Waals surface area (Å²) in [6.07, 6.45) is 18.7. The molecular formula is C37H58N2O2. The highest BCUT2D eigenvalue weighted by Gasteiger charge is 2.56. The van der Waals surface area contributed by atoms with Gasteiger partial charge in [0.2, 0.25) is 0 Å². The van der Waals surface area contributed by atoms with Crippen molar-refractivity contribution in [2.75, 3.05) is 11.5 Å². The third-order valence-electron chi connectivity index (χ3n) is 11.5. The Morgan fingerprint density at radius 2 is 1.78 bits per heavy atom. The highest BCUT2D eigenvalue weighted by atomic mass is 16.5. The maximum absolute atomic E-state index is 13.1. The SMILES string of the molecule is CCC(CCC1CCCC2C1CC=C1C(C)(C)C(OC(=O)c3cc(N)cc(N)c3)CCC12C)C(C)CCC=C(C)C. The van der Waals surface area contributed by atoms with Crippen LogP contribution in [0.25, 0.3) is 0 Å². The van der Waals surface area contributed by atoms with Crippen molar-refractivity contribution in [3.8, 4) is 0 Å². The van der Waals surface area contributed by atoms with Crippen LogP contribution in [-0.2, 0) is 4.74 Å². The zero-order valence-electron chi connectivity index (χ0n) is 27.1. The predicted octanol–water partition coefficient (Wildman–Crippen LogP) is 9.75. The molecule has 228 valence electrons. The van der Waals surface area contributed by atoms with Crippen LogP contribution in [-0.4, -0.2) is 12.1 Å². The van der Waals surface area contributed by atoms with E-state index in [-0.39, 0.29) is 22.9 Å². The summed E-state index contributed by atoms with van der Waals surface area (Å²) in [5.74, 6) is 3.69. The summed E-state index contributed by atoms with van der Waals surface area (Å²) in [7, 11) is 0. The van der Waals surface area contributed by atoms with Crippen molar-refractivity contribution < 1.29 is 9.53 Å². The molecule has 0 aromatic heterocycles. The molecule has 3 aliphatic carbocycles. The van der Waals surface area contributed by atoms with E-state index in [9.17, 15) is 4.79 Å². The number of nitrogens with two attached hydrogens (primary N) is 2. The Labute approximate surface area is 250 Å². The van der Waals surface area contributed by atoms with Gasteiger partial charge in [0.1, 0.15) is 6.10 Å². The van der Waals surface area contributed by atoms with Gasteiger partial charge in [0.25, 0.3) is 0 Å². The first-order valence-corrected chi connectivity index (χ1v) is 16.6. The zero-order chi connectivity index (χ0) is 29.9. The molecule has 4 N–H and O–H groups in total. The average molecular weight is 563 g/mol. The molecule has 3 aliphatic rings. The minimum atomic E-state index is -0.321. The summed E-state index contributed by atoms with van der Waals surface area (Å²) in [5, 5.41) is 0. The average Bonchev–Trinajstić information content (AvgIpc) is 2.90. The monoisotopic (exact) mass is 562 g/mol. The number of hydrogen-bond acceptors (Lipinski definition) is 4. The Hall–Kier alpha value is -2.23. The number of carbonyl (C=O) groups is 1. The summed E-state index contributed by atoms with van der Waals surface area (Å²) in [5.41, 5.74) is 16.3. The molecule has 4 heteroatoms. The van der Waals surface area contributed by atoms with Crippen LogP contribution in [0.2, 0.25) is 0 Å². The minimum Gasteiger partial charge on any atom is -0.458 e. The van der Waals surface area contributed by atoms with E-state index < -0.39 is 0 Å². The lowest BCUT2D eigenvalue weighted by Gasteiger charge is -2.59. The number of benzene rings is 1. The molecule has 7 atom stereocenters. The van der Waals surface area contributed by atoms with Gasteiger partial charge in [0.05, 0.1) is 5.56 Å². The van der Waals surface area contributed by atoms with E-state index in [4.69, 9.17) is 16.2 Å². The van der Waals surface area contributed by atoms with Crippen LogP contribution in [0.1, 0.15) is 129 Å². The first-order valence-electron chi connectivity index (χ1n) is 16.6. The van der Waals surface area contributed by atoms with Crippen LogP contribution in [0.4, 0.5) is 11.4 Å². The fourth-order valence-corrected chi connectivity index (χ4v) is 9.22. The molecule has 4 rings (SSSR count). The molecule has 41 heavy (non-hydrogen) atoms. The second-order valence-electron chi connectivity index (χ2n) is 14.9. The van der Waals surface area contributed by atoms with Gasteiger partial charge in [-0.1, -0.05) is 77.2 Å². The number of esters is 1. The predicted molar refractivity (Wildman–Crippen MR) is 173 cm³/mol. The normalized spacial score (nSPS) is 30.3. The van der Waals surface area contributed by atoms with E-state index in [1.54, 1.807) is 18.2 Å². The van der Waals surface area contributed by atoms with Gasteiger partial charge in [-0.05, 0) is 118 Å². The van der Waals surface area contributed by atoms with Gasteiger partial charge >= 0.3 is 5.97 Å². The molecule has 0 amide bonds. The van der Waals surface area contributed by atoms with Crippen LogP contribution in [0, 0.1) is 40.4 Å². The topological polar surface area (TPSA) is 78.3 Å². The van der Waals surface area contributed by atoms with Crippen molar-refractivity contribution in [1.82, 2.24) is 0 Å². The third kappa shape index (κ3) is 6.89. The minimum absolute atomic E-state index is 0.147. The summed E-state index contributed by atoms with van der Waals surface area (Å²) in [6.45, 7) is 16.4. The molecular weight excluding hydrogens is 504 g/mol. The number of ether oxygens (including phenoxy) is 1. The van der Waals surface area contributed by atoms with Crippen LogP contribution in [0.15, 0.2) is 41.5 Å². The van der Waals surface area contributed by atoms with Gasteiger partial charge in [-0.15, -0.1) is 0 Å². The molecule has 0 radical (unpaired) electrons. The van der Waals surface area contributed by atoms with Crippen LogP contribution >= 0.6 is 0 Å². The van der Waals surface area contributed by atoms with Gasteiger partial charge in [-0.3, -0.25) is 0 Å². The Morgan fingerprint density at radius 3 is 2.44 bits per heavy atom. The third-order valence-corrected chi connectivity index (χ3v) is 11.5. The summed E-state index contributed by atoms with van der Waals surface area (Å²) >= 11 is 0. The number of rotatable bonds is 10. The van der Waals surface area contributed by atoms with Gasteiger partial charge in [-0.25, -0.2) is 4.79 Å². The van der Waals surface area contributed by atoms with Crippen molar-refractivity contribution in [2.45, 2.75) is 125 Å². The van der Waals surface area contributed by atoms with Crippen LogP contribution in [0.3, 0.4) is 0 Å². The van der Waals surface area contributed by atoms with Gasteiger partial charge in [0.15, 0.2) is 0 Å². The highest BCUT2D eigenvalue weighted by molar-refractivity contribution is 5.92. The van der Waals surface area contributed by atoms with Crippen LogP contribution < -0.4 is 11.5 Å². The van der Waals surface area contributed by atoms with Crippen molar-refractivity contribution in [3.63, 3.8) is 0 Å². The first kappa shape index (κ1) is 31.7. The van der Waals surface area contributed by atoms with Gasteiger partial charge in [0, 0.05) is 16.8 Å². The van der Waals surface area contributed by atoms with Crippen LogP contribution in [0.5, 0.6) is 0 Å². The lowest BCUT2D eigenvalue weighted by Crippen LogP contribution is -2.53. The van der Waals surface area contributed by atoms with E-state index in [1.165, 1.54) is 68.9 Å². The van der Waals surface area contributed by atoms with E-state index in [0.29, 0.717) is 16.9 Å². The molecule has 2 saturated carbocycles. The first-order chi connectivity index (χ1) is 19.4. The van der Waals surface area contributed by atoms with E-state index >= 15 is 0 Å². The Morgan fingerprint density at radius 1 is 1.07 bits per heavy atom. The number of carbonyl (C=O) groups excluding carboxylic acids is 1. The smallest absolute Gasteiger partial charge is 0.338 e. The van der Waals surface area contributed by atoms with E-state index in [1.807, 2.05) is 0 Å². The molecule has 0 bridgehead atoms. The van der Waals surface area contributed by atoms with E-state index in [2.05, 4.69) is 60.6 Å². The maximum atomic E-state index is 13.1. The van der Waals surface area contributed by atoms with Crippen molar-refractivity contribution in [3.05, 3.63) is 47.1 Å². The molecule has 0 aliphatic heterocycles.